The summed E-state index contributed by atoms with van der Waals surface area (Å²) in [6.45, 7) is 3.73. The highest BCUT2D eigenvalue weighted by Crippen LogP contribution is 2.29. The predicted octanol–water partition coefficient (Wildman–Crippen LogP) is 3.53. The Bertz CT molecular complexity index is 948. The molecule has 0 saturated heterocycles. The zero-order valence-electron chi connectivity index (χ0n) is 14.0. The summed E-state index contributed by atoms with van der Waals surface area (Å²) in [5, 5.41) is 5.86. The van der Waals surface area contributed by atoms with Gasteiger partial charge in [0.05, 0.1) is 0 Å². The summed E-state index contributed by atoms with van der Waals surface area (Å²) in [6, 6.07) is 5.20. The number of hydrogen-bond donors (Lipinski definition) is 1. The lowest BCUT2D eigenvalue weighted by molar-refractivity contribution is -0.118. The highest BCUT2D eigenvalue weighted by Gasteiger charge is 2.13. The lowest BCUT2D eigenvalue weighted by atomic mass is 10.0. The van der Waals surface area contributed by atoms with Crippen LogP contribution in [-0.2, 0) is 11.2 Å². The van der Waals surface area contributed by atoms with Gasteiger partial charge in [-0.2, -0.15) is 0 Å². The zero-order valence-corrected chi connectivity index (χ0v) is 14.8. The van der Waals surface area contributed by atoms with Gasteiger partial charge in [0, 0.05) is 28.6 Å². The maximum Gasteiger partial charge on any atom is 0.336 e. The van der Waals surface area contributed by atoms with Crippen molar-refractivity contribution in [2.24, 2.45) is 0 Å². The molecular formula is C18H18N2O4S. The number of aromatic nitrogens is 1. The average Bonchev–Trinajstić information content (AvgIpc) is 3.08. The van der Waals surface area contributed by atoms with Crippen molar-refractivity contribution in [3.8, 4) is 5.75 Å². The number of rotatable bonds is 6. The fourth-order valence-electron chi connectivity index (χ4n) is 2.62. The first-order valence-electron chi connectivity index (χ1n) is 7.97. The quantitative estimate of drug-likeness (QED) is 0.682. The third kappa shape index (κ3) is 3.88. The van der Waals surface area contributed by atoms with Gasteiger partial charge in [0.1, 0.15) is 11.3 Å². The minimum absolute atomic E-state index is 0.148. The van der Waals surface area contributed by atoms with E-state index in [-0.39, 0.29) is 18.1 Å². The molecule has 0 aliphatic rings. The Morgan fingerprint density at radius 3 is 2.96 bits per heavy atom. The fourth-order valence-corrected chi connectivity index (χ4v) is 3.17. The molecule has 0 radical (unpaired) electrons. The van der Waals surface area contributed by atoms with Crippen molar-refractivity contribution < 1.29 is 13.9 Å². The Kier molecular flexibility index (Phi) is 5.14. The average molecular weight is 358 g/mol. The summed E-state index contributed by atoms with van der Waals surface area (Å²) >= 11 is 1.34. The molecule has 0 saturated carbocycles. The van der Waals surface area contributed by atoms with Gasteiger partial charge >= 0.3 is 5.63 Å². The Hall–Kier alpha value is -2.67. The van der Waals surface area contributed by atoms with Crippen LogP contribution in [0.15, 0.2) is 39.0 Å². The van der Waals surface area contributed by atoms with E-state index in [1.54, 1.807) is 17.6 Å². The third-order valence-electron chi connectivity index (χ3n) is 3.75. The first-order valence-corrected chi connectivity index (χ1v) is 8.85. The number of amides is 1. The summed E-state index contributed by atoms with van der Waals surface area (Å²) in [6.07, 6.45) is 3.36. The van der Waals surface area contributed by atoms with Gasteiger partial charge in [-0.25, -0.2) is 9.78 Å². The van der Waals surface area contributed by atoms with Crippen molar-refractivity contribution >= 4 is 33.3 Å². The molecule has 0 atom stereocenters. The summed E-state index contributed by atoms with van der Waals surface area (Å²) in [5.74, 6) is 0.217. The van der Waals surface area contributed by atoms with Crippen LogP contribution in [0.4, 0.5) is 5.13 Å². The van der Waals surface area contributed by atoms with Gasteiger partial charge in [-0.3, -0.25) is 10.1 Å². The van der Waals surface area contributed by atoms with E-state index in [0.717, 1.165) is 23.8 Å². The molecule has 130 valence electrons. The Labute approximate surface area is 148 Å². The van der Waals surface area contributed by atoms with Gasteiger partial charge in [0.15, 0.2) is 11.7 Å². The second-order valence-electron chi connectivity index (χ2n) is 5.58. The van der Waals surface area contributed by atoms with Crippen LogP contribution in [0, 0.1) is 6.92 Å². The van der Waals surface area contributed by atoms with Crippen molar-refractivity contribution in [1.82, 2.24) is 4.98 Å². The van der Waals surface area contributed by atoms with Crippen molar-refractivity contribution in [3.05, 3.63) is 51.3 Å². The van der Waals surface area contributed by atoms with Crippen LogP contribution in [0.2, 0.25) is 0 Å². The molecule has 7 heteroatoms. The number of fused-ring (bicyclic) bond motifs is 1. The molecule has 2 aromatic heterocycles. The standard InChI is InChI=1S/C18H18N2O4S/c1-3-4-12-9-16(22)24-17-11(2)14(6-5-13(12)17)23-10-15(21)20-18-19-7-8-25-18/h5-9H,3-4,10H2,1-2H3,(H,19,20,21). The number of carbonyl (C=O) groups excluding carboxylic acids is 1. The third-order valence-corrected chi connectivity index (χ3v) is 4.44. The van der Waals surface area contributed by atoms with E-state index in [1.165, 1.54) is 17.4 Å². The molecule has 0 aliphatic carbocycles. The van der Waals surface area contributed by atoms with Gasteiger partial charge in [0.25, 0.3) is 5.91 Å². The topological polar surface area (TPSA) is 81.4 Å². The normalized spacial score (nSPS) is 10.8. The lowest BCUT2D eigenvalue weighted by Crippen LogP contribution is -2.20. The van der Waals surface area contributed by atoms with Gasteiger partial charge in [-0.15, -0.1) is 11.3 Å². The number of ether oxygens (including phenoxy) is 1. The zero-order chi connectivity index (χ0) is 17.8. The van der Waals surface area contributed by atoms with E-state index in [4.69, 9.17) is 9.15 Å². The van der Waals surface area contributed by atoms with Crippen molar-refractivity contribution in [1.29, 1.82) is 0 Å². The maximum absolute atomic E-state index is 11.9. The van der Waals surface area contributed by atoms with E-state index < -0.39 is 0 Å². The molecule has 3 aromatic rings. The van der Waals surface area contributed by atoms with Crippen molar-refractivity contribution in [2.45, 2.75) is 26.7 Å². The van der Waals surface area contributed by atoms with E-state index in [9.17, 15) is 9.59 Å². The van der Waals surface area contributed by atoms with E-state index in [1.807, 2.05) is 13.0 Å². The van der Waals surface area contributed by atoms with Gasteiger partial charge < -0.3 is 9.15 Å². The lowest BCUT2D eigenvalue weighted by Gasteiger charge is -2.12. The van der Waals surface area contributed by atoms with E-state index >= 15 is 0 Å². The van der Waals surface area contributed by atoms with Crippen LogP contribution >= 0.6 is 11.3 Å². The molecule has 0 unspecified atom stereocenters. The number of benzene rings is 1. The molecule has 0 aliphatic heterocycles. The Balaban J connectivity index is 1.81. The highest BCUT2D eigenvalue weighted by atomic mass is 32.1. The van der Waals surface area contributed by atoms with Crippen LogP contribution in [-0.4, -0.2) is 17.5 Å². The second kappa shape index (κ2) is 7.48. The number of carbonyl (C=O) groups is 1. The highest BCUT2D eigenvalue weighted by molar-refractivity contribution is 7.13. The number of aryl methyl sites for hydroxylation is 2. The van der Waals surface area contributed by atoms with E-state index in [2.05, 4.69) is 17.2 Å². The fraction of sp³-hybridized carbons (Fsp3) is 0.278. The van der Waals surface area contributed by atoms with Crippen LogP contribution in [0.5, 0.6) is 5.75 Å². The van der Waals surface area contributed by atoms with Gasteiger partial charge in [-0.05, 0) is 31.0 Å². The van der Waals surface area contributed by atoms with Crippen molar-refractivity contribution in [2.75, 3.05) is 11.9 Å². The molecule has 0 spiro atoms. The van der Waals surface area contributed by atoms with Crippen LogP contribution < -0.4 is 15.7 Å². The molecule has 1 N–H and O–H groups in total. The summed E-state index contributed by atoms with van der Waals surface area (Å²) < 4.78 is 11.0. The largest absolute Gasteiger partial charge is 0.483 e. The Morgan fingerprint density at radius 1 is 1.40 bits per heavy atom. The molecular weight excluding hydrogens is 340 g/mol. The summed E-state index contributed by atoms with van der Waals surface area (Å²) in [5.41, 5.74) is 1.80. The molecule has 6 nitrogen and oxygen atoms in total. The van der Waals surface area contributed by atoms with Crippen LogP contribution in [0.3, 0.4) is 0 Å². The van der Waals surface area contributed by atoms with Gasteiger partial charge in [0.2, 0.25) is 0 Å². The second-order valence-corrected chi connectivity index (χ2v) is 6.47. The first-order chi connectivity index (χ1) is 12.1. The SMILES string of the molecule is CCCc1cc(=O)oc2c(C)c(OCC(=O)Nc3nccs3)ccc12. The smallest absolute Gasteiger partial charge is 0.336 e. The number of thiazole rings is 1. The minimum Gasteiger partial charge on any atom is -0.483 e. The molecule has 0 bridgehead atoms. The van der Waals surface area contributed by atoms with Crippen molar-refractivity contribution in [3.63, 3.8) is 0 Å². The summed E-state index contributed by atoms with van der Waals surface area (Å²) in [7, 11) is 0. The number of nitrogens with one attached hydrogen (secondary N) is 1. The molecule has 0 fully saturated rings. The monoisotopic (exact) mass is 358 g/mol. The maximum atomic E-state index is 11.9. The summed E-state index contributed by atoms with van der Waals surface area (Å²) in [4.78, 5) is 27.7. The Morgan fingerprint density at radius 2 is 2.24 bits per heavy atom. The number of hydrogen-bond acceptors (Lipinski definition) is 6. The molecule has 1 aromatic carbocycles. The van der Waals surface area contributed by atoms with Crippen LogP contribution in [0.1, 0.15) is 24.5 Å². The van der Waals surface area contributed by atoms with E-state index in [0.29, 0.717) is 22.0 Å². The van der Waals surface area contributed by atoms with Crippen LogP contribution in [0.25, 0.3) is 11.0 Å². The van der Waals surface area contributed by atoms with Gasteiger partial charge in [-0.1, -0.05) is 13.3 Å². The predicted molar refractivity (Wildman–Crippen MR) is 97.5 cm³/mol. The minimum atomic E-state index is -0.377. The number of anilines is 1. The number of nitrogens with zero attached hydrogens (tertiary/aromatic N) is 1. The molecule has 1 amide bonds. The molecule has 2 heterocycles. The first kappa shape index (κ1) is 17.2. The molecule has 25 heavy (non-hydrogen) atoms. The molecule has 3 rings (SSSR count).